The Kier molecular flexibility index (Phi) is 7.68. The third kappa shape index (κ3) is 5.30. The van der Waals surface area contributed by atoms with Gasteiger partial charge >= 0.3 is 0 Å². The van der Waals surface area contributed by atoms with Gasteiger partial charge in [-0.05, 0) is 58.0 Å². The molecular formula is C16H23Cl2N5. The molecule has 1 aliphatic rings. The lowest BCUT2D eigenvalue weighted by molar-refractivity contribution is 0.453. The van der Waals surface area contributed by atoms with Gasteiger partial charge in [0.2, 0.25) is 5.95 Å². The molecule has 0 radical (unpaired) electrons. The Morgan fingerprint density at radius 1 is 1.00 bits per heavy atom. The SMILES string of the molecule is Cc1cc(C)nc(Nc2cccc(C3CCNCC3)n2)n1.Cl.Cl. The number of rotatable bonds is 3. The van der Waals surface area contributed by atoms with Gasteiger partial charge in [-0.3, -0.25) is 0 Å². The zero-order valence-electron chi connectivity index (χ0n) is 13.4. The van der Waals surface area contributed by atoms with Crippen LogP contribution in [-0.4, -0.2) is 28.0 Å². The Morgan fingerprint density at radius 2 is 1.65 bits per heavy atom. The van der Waals surface area contributed by atoms with Crippen molar-refractivity contribution in [3.05, 3.63) is 41.3 Å². The number of pyridine rings is 1. The summed E-state index contributed by atoms with van der Waals surface area (Å²) in [6.45, 7) is 6.09. The monoisotopic (exact) mass is 355 g/mol. The van der Waals surface area contributed by atoms with Crippen LogP contribution < -0.4 is 10.6 Å². The molecule has 0 atom stereocenters. The van der Waals surface area contributed by atoms with E-state index in [1.165, 1.54) is 0 Å². The smallest absolute Gasteiger partial charge is 0.228 e. The van der Waals surface area contributed by atoms with E-state index in [9.17, 15) is 0 Å². The third-order valence-corrected chi connectivity index (χ3v) is 3.75. The van der Waals surface area contributed by atoms with Crippen LogP contribution in [0.1, 0.15) is 35.8 Å². The predicted octanol–water partition coefficient (Wildman–Crippen LogP) is 3.54. The molecule has 0 amide bonds. The standard InChI is InChI=1S/C16H21N5.2ClH/c1-11-10-12(2)19-16(18-11)21-15-5-3-4-14(20-15)13-6-8-17-9-7-13;;/h3-5,10,13,17H,6-9H2,1-2H3,(H,18,19,20,21);2*1H. The van der Waals surface area contributed by atoms with Gasteiger partial charge in [0.05, 0.1) is 0 Å². The second kappa shape index (κ2) is 9.01. The lowest BCUT2D eigenvalue weighted by Gasteiger charge is -2.22. The zero-order chi connectivity index (χ0) is 14.7. The van der Waals surface area contributed by atoms with Crippen molar-refractivity contribution in [1.29, 1.82) is 0 Å². The van der Waals surface area contributed by atoms with Gasteiger partial charge in [0.15, 0.2) is 0 Å². The van der Waals surface area contributed by atoms with E-state index in [0.29, 0.717) is 11.9 Å². The first-order chi connectivity index (χ1) is 10.2. The molecule has 1 aliphatic heterocycles. The molecule has 126 valence electrons. The molecule has 3 heterocycles. The summed E-state index contributed by atoms with van der Waals surface area (Å²) < 4.78 is 0. The maximum Gasteiger partial charge on any atom is 0.228 e. The Bertz CT molecular complexity index is 609. The fourth-order valence-corrected chi connectivity index (χ4v) is 2.76. The van der Waals surface area contributed by atoms with E-state index in [2.05, 4.69) is 32.7 Å². The van der Waals surface area contributed by atoms with E-state index in [4.69, 9.17) is 4.98 Å². The summed E-state index contributed by atoms with van der Waals surface area (Å²) in [7, 11) is 0. The Labute approximate surface area is 149 Å². The third-order valence-electron chi connectivity index (χ3n) is 3.75. The van der Waals surface area contributed by atoms with Gasteiger partial charge in [-0.2, -0.15) is 0 Å². The first-order valence-electron chi connectivity index (χ1n) is 7.48. The van der Waals surface area contributed by atoms with Crippen LogP contribution in [-0.2, 0) is 0 Å². The first kappa shape index (κ1) is 19.6. The van der Waals surface area contributed by atoms with Crippen LogP contribution in [0.2, 0.25) is 0 Å². The summed E-state index contributed by atoms with van der Waals surface area (Å²) in [5.41, 5.74) is 3.07. The second-order valence-corrected chi connectivity index (χ2v) is 5.57. The number of halogens is 2. The fraction of sp³-hybridized carbons (Fsp3) is 0.438. The van der Waals surface area contributed by atoms with Gasteiger partial charge in [-0.1, -0.05) is 6.07 Å². The summed E-state index contributed by atoms with van der Waals surface area (Å²) in [6, 6.07) is 8.09. The largest absolute Gasteiger partial charge is 0.317 e. The highest BCUT2D eigenvalue weighted by Crippen LogP contribution is 2.24. The van der Waals surface area contributed by atoms with Crippen LogP contribution in [0.25, 0.3) is 0 Å². The van der Waals surface area contributed by atoms with Gasteiger partial charge in [-0.25, -0.2) is 15.0 Å². The zero-order valence-corrected chi connectivity index (χ0v) is 15.0. The molecule has 0 bridgehead atoms. The highest BCUT2D eigenvalue weighted by molar-refractivity contribution is 5.85. The molecule has 0 aliphatic carbocycles. The second-order valence-electron chi connectivity index (χ2n) is 5.57. The Balaban J connectivity index is 0.00000132. The van der Waals surface area contributed by atoms with E-state index >= 15 is 0 Å². The van der Waals surface area contributed by atoms with Crippen LogP contribution in [0.5, 0.6) is 0 Å². The molecule has 5 nitrogen and oxygen atoms in total. The van der Waals surface area contributed by atoms with E-state index in [0.717, 1.165) is 48.8 Å². The molecule has 0 aromatic carbocycles. The van der Waals surface area contributed by atoms with Crippen molar-refractivity contribution in [2.24, 2.45) is 0 Å². The predicted molar refractivity (Wildman–Crippen MR) is 98.4 cm³/mol. The number of nitrogens with one attached hydrogen (secondary N) is 2. The number of anilines is 2. The van der Waals surface area contributed by atoms with E-state index in [1.54, 1.807) is 0 Å². The summed E-state index contributed by atoms with van der Waals surface area (Å²) in [6.07, 6.45) is 2.30. The maximum absolute atomic E-state index is 4.73. The molecule has 0 saturated carbocycles. The number of hydrogen-bond acceptors (Lipinski definition) is 5. The number of hydrogen-bond donors (Lipinski definition) is 2. The molecule has 0 spiro atoms. The summed E-state index contributed by atoms with van der Waals surface area (Å²) in [5, 5.41) is 6.60. The van der Waals surface area contributed by atoms with Crippen LogP contribution >= 0.6 is 24.8 Å². The van der Waals surface area contributed by atoms with Gasteiger partial charge < -0.3 is 10.6 Å². The molecule has 23 heavy (non-hydrogen) atoms. The highest BCUT2D eigenvalue weighted by atomic mass is 35.5. The van der Waals surface area contributed by atoms with E-state index < -0.39 is 0 Å². The molecule has 7 heteroatoms. The Morgan fingerprint density at radius 3 is 2.30 bits per heavy atom. The quantitative estimate of drug-likeness (QED) is 0.881. The van der Waals surface area contributed by atoms with Gasteiger partial charge in [0.25, 0.3) is 0 Å². The summed E-state index contributed by atoms with van der Waals surface area (Å²) in [5.74, 6) is 1.98. The van der Waals surface area contributed by atoms with Crippen molar-refractivity contribution in [2.75, 3.05) is 18.4 Å². The van der Waals surface area contributed by atoms with Crippen LogP contribution in [0.3, 0.4) is 0 Å². The fourth-order valence-electron chi connectivity index (χ4n) is 2.76. The first-order valence-corrected chi connectivity index (χ1v) is 7.48. The number of nitrogens with zero attached hydrogens (tertiary/aromatic N) is 3. The van der Waals surface area contributed by atoms with Crippen molar-refractivity contribution in [2.45, 2.75) is 32.6 Å². The maximum atomic E-state index is 4.73. The van der Waals surface area contributed by atoms with Crippen molar-refractivity contribution < 1.29 is 0 Å². The molecule has 2 aromatic heterocycles. The van der Waals surface area contributed by atoms with Crippen molar-refractivity contribution >= 4 is 36.6 Å². The minimum atomic E-state index is 0. The summed E-state index contributed by atoms with van der Waals surface area (Å²) in [4.78, 5) is 13.5. The molecule has 2 aromatic rings. The van der Waals surface area contributed by atoms with E-state index in [1.807, 2.05) is 26.0 Å². The molecule has 3 rings (SSSR count). The highest BCUT2D eigenvalue weighted by Gasteiger charge is 2.16. The van der Waals surface area contributed by atoms with Gasteiger partial charge in [0.1, 0.15) is 5.82 Å². The lowest BCUT2D eigenvalue weighted by Crippen LogP contribution is -2.27. The average Bonchev–Trinajstić information content (AvgIpc) is 2.47. The van der Waals surface area contributed by atoms with Crippen molar-refractivity contribution in [3.8, 4) is 0 Å². The molecule has 1 fully saturated rings. The van der Waals surface area contributed by atoms with Crippen molar-refractivity contribution in [1.82, 2.24) is 20.3 Å². The molecule has 2 N–H and O–H groups in total. The Hall–Kier alpha value is -1.43. The average molecular weight is 356 g/mol. The normalized spacial score (nSPS) is 14.5. The molecule has 0 unspecified atom stereocenters. The number of aromatic nitrogens is 3. The minimum Gasteiger partial charge on any atom is -0.317 e. The number of piperidine rings is 1. The topological polar surface area (TPSA) is 62.7 Å². The van der Waals surface area contributed by atoms with E-state index in [-0.39, 0.29) is 24.8 Å². The van der Waals surface area contributed by atoms with Crippen LogP contribution in [0.15, 0.2) is 24.3 Å². The summed E-state index contributed by atoms with van der Waals surface area (Å²) >= 11 is 0. The minimum absolute atomic E-state index is 0. The lowest BCUT2D eigenvalue weighted by atomic mass is 9.94. The van der Waals surface area contributed by atoms with Crippen LogP contribution in [0.4, 0.5) is 11.8 Å². The molecular weight excluding hydrogens is 333 g/mol. The van der Waals surface area contributed by atoms with Gasteiger partial charge in [0, 0.05) is 23.0 Å². The molecule has 1 saturated heterocycles. The van der Waals surface area contributed by atoms with Crippen LogP contribution in [0, 0.1) is 13.8 Å². The number of aryl methyl sites for hydroxylation is 2. The van der Waals surface area contributed by atoms with Gasteiger partial charge in [-0.15, -0.1) is 24.8 Å². The van der Waals surface area contributed by atoms with Crippen molar-refractivity contribution in [3.63, 3.8) is 0 Å².